The van der Waals surface area contributed by atoms with Gasteiger partial charge in [0.2, 0.25) is 5.91 Å². The Bertz CT molecular complexity index is 1170. The Morgan fingerprint density at radius 1 is 1.18 bits per heavy atom. The van der Waals surface area contributed by atoms with Gasteiger partial charge in [-0.05, 0) is 97.6 Å². The molecule has 0 aromatic heterocycles. The van der Waals surface area contributed by atoms with Crippen LogP contribution in [0.3, 0.4) is 0 Å². The van der Waals surface area contributed by atoms with Gasteiger partial charge in [0.05, 0.1) is 6.04 Å². The first kappa shape index (κ1) is 23.4. The van der Waals surface area contributed by atoms with E-state index in [-0.39, 0.29) is 23.8 Å². The Kier molecular flexibility index (Phi) is 7.38. The molecule has 0 aliphatic heterocycles. The molecular weight excluding hydrogens is 426 g/mol. The molecule has 170 valence electrons. The van der Waals surface area contributed by atoms with E-state index in [9.17, 15) is 4.79 Å². The van der Waals surface area contributed by atoms with E-state index in [1.807, 2.05) is 31.2 Å². The predicted octanol–water partition coefficient (Wildman–Crippen LogP) is 7.84. The molecule has 0 fully saturated rings. The van der Waals surface area contributed by atoms with E-state index in [1.165, 1.54) is 27.8 Å². The zero-order valence-corrected chi connectivity index (χ0v) is 20.5. The van der Waals surface area contributed by atoms with Gasteiger partial charge in [-0.1, -0.05) is 66.6 Å². The molecule has 0 heterocycles. The molecule has 0 saturated heterocycles. The summed E-state index contributed by atoms with van der Waals surface area (Å²) in [6, 6.07) is 14.3. The lowest BCUT2D eigenvalue weighted by molar-refractivity contribution is -0.127. The summed E-state index contributed by atoms with van der Waals surface area (Å²) in [6.07, 6.45) is 12.4. The highest BCUT2D eigenvalue weighted by atomic mass is 35.5. The summed E-state index contributed by atoms with van der Waals surface area (Å²) in [4.78, 5) is 13.3. The van der Waals surface area contributed by atoms with Crippen molar-refractivity contribution in [1.82, 2.24) is 5.32 Å². The smallest absolute Gasteiger partial charge is 0.223 e. The van der Waals surface area contributed by atoms with E-state index in [0.29, 0.717) is 5.02 Å². The first-order valence-corrected chi connectivity index (χ1v) is 12.3. The van der Waals surface area contributed by atoms with E-state index >= 15 is 0 Å². The van der Waals surface area contributed by atoms with Crippen molar-refractivity contribution in [3.63, 3.8) is 0 Å². The second-order valence-electron chi connectivity index (χ2n) is 9.34. The average Bonchev–Trinajstić information content (AvgIpc) is 2.96. The minimum atomic E-state index is -0.0687. The van der Waals surface area contributed by atoms with Gasteiger partial charge in [0.25, 0.3) is 0 Å². The third kappa shape index (κ3) is 5.58. The monoisotopic (exact) mass is 457 g/mol. The standard InChI is InChI=1S/C30H32ClNO/c1-20-15-16-23-9-5-4-6-13-28(29(23)17-20)25-11-8-14-27(21(2)18-25)30(33)32-22(3)24-10-7-12-26(31)19-24/h4,7,9-13,15-17,19,21-22,27H,6,8,14,18H2,1-3H3,(H,32,33). The van der Waals surface area contributed by atoms with Crippen LogP contribution in [0, 0.1) is 18.8 Å². The molecule has 2 aliphatic rings. The predicted molar refractivity (Wildman–Crippen MR) is 139 cm³/mol. The molecule has 0 saturated carbocycles. The molecule has 0 radical (unpaired) electrons. The molecule has 0 spiro atoms. The van der Waals surface area contributed by atoms with Gasteiger partial charge in [-0.15, -0.1) is 5.73 Å². The number of amides is 1. The third-order valence-corrected chi connectivity index (χ3v) is 7.02. The quantitative estimate of drug-likeness (QED) is 0.465. The molecule has 33 heavy (non-hydrogen) atoms. The van der Waals surface area contributed by atoms with E-state index < -0.39 is 0 Å². The Hall–Kier alpha value is -2.80. The van der Waals surface area contributed by atoms with E-state index in [2.05, 4.69) is 67.4 Å². The summed E-state index contributed by atoms with van der Waals surface area (Å²) in [5, 5.41) is 3.93. The van der Waals surface area contributed by atoms with E-state index in [0.717, 1.165) is 31.2 Å². The molecule has 2 aromatic rings. The topological polar surface area (TPSA) is 29.1 Å². The zero-order valence-electron chi connectivity index (χ0n) is 19.7. The fourth-order valence-electron chi connectivity index (χ4n) is 4.92. The van der Waals surface area contributed by atoms with Crippen LogP contribution in [0.5, 0.6) is 0 Å². The molecule has 4 rings (SSSR count). The van der Waals surface area contributed by atoms with Gasteiger partial charge in [0.1, 0.15) is 0 Å². The van der Waals surface area contributed by atoms with Crippen LogP contribution in [0.4, 0.5) is 0 Å². The number of allylic oxidation sites excluding steroid dienone is 5. The number of aryl methyl sites for hydroxylation is 1. The van der Waals surface area contributed by atoms with Gasteiger partial charge in [0.15, 0.2) is 0 Å². The molecule has 2 aromatic carbocycles. The highest BCUT2D eigenvalue weighted by molar-refractivity contribution is 6.30. The summed E-state index contributed by atoms with van der Waals surface area (Å²) in [6.45, 7) is 6.38. The van der Waals surface area contributed by atoms with Crippen molar-refractivity contribution >= 4 is 29.2 Å². The maximum absolute atomic E-state index is 13.3. The molecule has 0 bridgehead atoms. The minimum Gasteiger partial charge on any atom is -0.349 e. The average molecular weight is 458 g/mol. The Labute approximate surface area is 202 Å². The van der Waals surface area contributed by atoms with Crippen LogP contribution in [-0.4, -0.2) is 5.91 Å². The van der Waals surface area contributed by atoms with Crippen molar-refractivity contribution in [3.05, 3.63) is 99.3 Å². The van der Waals surface area contributed by atoms with Crippen molar-refractivity contribution in [2.24, 2.45) is 11.8 Å². The molecule has 3 heteroatoms. The summed E-state index contributed by atoms with van der Waals surface area (Å²) in [7, 11) is 0. The number of nitrogens with one attached hydrogen (secondary N) is 1. The first-order chi connectivity index (χ1) is 15.9. The van der Waals surface area contributed by atoms with Crippen LogP contribution in [0.1, 0.15) is 67.8 Å². The number of carbonyl (C=O) groups excluding carboxylic acids is 1. The summed E-state index contributed by atoms with van der Waals surface area (Å²) < 4.78 is 0. The van der Waals surface area contributed by atoms with Gasteiger partial charge in [-0.3, -0.25) is 4.79 Å². The van der Waals surface area contributed by atoms with Crippen LogP contribution in [0.25, 0.3) is 11.6 Å². The number of halogens is 1. The third-order valence-electron chi connectivity index (χ3n) is 6.78. The Morgan fingerprint density at radius 2 is 2.03 bits per heavy atom. The van der Waals surface area contributed by atoms with Crippen molar-refractivity contribution in [2.45, 2.75) is 52.5 Å². The van der Waals surface area contributed by atoms with Gasteiger partial charge in [-0.25, -0.2) is 0 Å². The molecular formula is C30H32ClNO. The lowest BCUT2D eigenvalue weighted by Crippen LogP contribution is -2.35. The van der Waals surface area contributed by atoms with E-state index in [1.54, 1.807) is 0 Å². The lowest BCUT2D eigenvalue weighted by Gasteiger charge is -2.25. The first-order valence-electron chi connectivity index (χ1n) is 11.9. The van der Waals surface area contributed by atoms with Crippen LogP contribution < -0.4 is 5.32 Å². The van der Waals surface area contributed by atoms with Gasteiger partial charge >= 0.3 is 0 Å². The van der Waals surface area contributed by atoms with Crippen molar-refractivity contribution in [2.75, 3.05) is 0 Å². The minimum absolute atomic E-state index is 0.00804. The van der Waals surface area contributed by atoms with Gasteiger partial charge in [-0.2, -0.15) is 0 Å². The second kappa shape index (κ2) is 10.4. The van der Waals surface area contributed by atoms with Crippen LogP contribution in [0.2, 0.25) is 5.02 Å². The largest absolute Gasteiger partial charge is 0.349 e. The zero-order chi connectivity index (χ0) is 23.4. The fourth-order valence-corrected chi connectivity index (χ4v) is 5.12. The number of fused-ring (bicyclic) bond motifs is 1. The van der Waals surface area contributed by atoms with E-state index in [4.69, 9.17) is 11.6 Å². The van der Waals surface area contributed by atoms with Crippen molar-refractivity contribution in [3.8, 4) is 0 Å². The second-order valence-corrected chi connectivity index (χ2v) is 9.78. The summed E-state index contributed by atoms with van der Waals surface area (Å²) in [5.74, 6) is 0.390. The summed E-state index contributed by atoms with van der Waals surface area (Å²) >= 11 is 6.14. The maximum atomic E-state index is 13.3. The highest BCUT2D eigenvalue weighted by Gasteiger charge is 2.29. The molecule has 2 aliphatic carbocycles. The van der Waals surface area contributed by atoms with Crippen molar-refractivity contribution < 1.29 is 4.79 Å². The summed E-state index contributed by atoms with van der Waals surface area (Å²) in [5.41, 5.74) is 10.7. The van der Waals surface area contributed by atoms with Crippen LogP contribution in [0.15, 0.2) is 72.0 Å². The fraction of sp³-hybridized carbons (Fsp3) is 0.333. The molecule has 3 unspecified atom stereocenters. The van der Waals surface area contributed by atoms with Crippen LogP contribution >= 0.6 is 11.6 Å². The highest BCUT2D eigenvalue weighted by Crippen LogP contribution is 2.38. The SMILES string of the molecule is Cc1ccc2c(c1)C(C1=CCCC(C(=O)NC(C)c3cccc(Cl)c3)C(C)C1)=CCC=C=C2. The number of hydrogen-bond donors (Lipinski definition) is 1. The van der Waals surface area contributed by atoms with Gasteiger partial charge < -0.3 is 5.32 Å². The number of hydrogen-bond acceptors (Lipinski definition) is 1. The van der Waals surface area contributed by atoms with Crippen molar-refractivity contribution in [1.29, 1.82) is 0 Å². The molecule has 1 amide bonds. The molecule has 3 atom stereocenters. The Balaban J connectivity index is 1.51. The van der Waals surface area contributed by atoms with Crippen LogP contribution in [-0.2, 0) is 4.79 Å². The number of rotatable bonds is 4. The number of benzene rings is 2. The molecule has 2 nitrogen and oxygen atoms in total. The Morgan fingerprint density at radius 3 is 2.85 bits per heavy atom. The molecule has 1 N–H and O–H groups in total. The maximum Gasteiger partial charge on any atom is 0.223 e. The lowest BCUT2D eigenvalue weighted by atomic mass is 9.83. The number of carbonyl (C=O) groups is 1. The van der Waals surface area contributed by atoms with Gasteiger partial charge in [0, 0.05) is 10.9 Å². The normalized spacial score (nSPS) is 21.1.